The molecule has 1 N–H and O–H groups in total. The standard InChI is InChI=1S/C19H19FN6O2S/c1-25(11-16(27)22-15-5-3-14(20)4-6-15)17(28)12-29-19-24-23-18(26(19)2)13-7-9-21-10-8-13/h3-10H,11-12H2,1-2H3,(H,22,27). The number of hydrogen-bond donors (Lipinski definition) is 1. The van der Waals surface area contributed by atoms with Gasteiger partial charge >= 0.3 is 0 Å². The number of thioether (sulfide) groups is 1. The monoisotopic (exact) mass is 414 g/mol. The van der Waals surface area contributed by atoms with Crippen LogP contribution < -0.4 is 5.32 Å². The Labute approximate surface area is 171 Å². The number of aromatic nitrogens is 4. The minimum Gasteiger partial charge on any atom is -0.336 e. The number of carbonyl (C=O) groups is 2. The summed E-state index contributed by atoms with van der Waals surface area (Å²) in [6.45, 7) is -0.113. The van der Waals surface area contributed by atoms with Crippen molar-refractivity contribution in [3.8, 4) is 11.4 Å². The first-order valence-electron chi connectivity index (χ1n) is 8.66. The van der Waals surface area contributed by atoms with Gasteiger partial charge < -0.3 is 14.8 Å². The molecule has 0 spiro atoms. The molecule has 10 heteroatoms. The number of benzene rings is 1. The zero-order valence-corrected chi connectivity index (χ0v) is 16.7. The molecule has 2 aromatic heterocycles. The van der Waals surface area contributed by atoms with Crippen LogP contribution in [0.1, 0.15) is 0 Å². The maximum absolute atomic E-state index is 12.9. The van der Waals surface area contributed by atoms with Crippen LogP contribution in [0.15, 0.2) is 53.9 Å². The van der Waals surface area contributed by atoms with Gasteiger partial charge in [0.2, 0.25) is 11.8 Å². The molecule has 0 unspecified atom stereocenters. The highest BCUT2D eigenvalue weighted by atomic mass is 32.2. The van der Waals surface area contributed by atoms with E-state index in [0.29, 0.717) is 16.7 Å². The highest BCUT2D eigenvalue weighted by Crippen LogP contribution is 2.22. The molecule has 2 heterocycles. The average molecular weight is 414 g/mol. The molecule has 3 aromatic rings. The van der Waals surface area contributed by atoms with Gasteiger partial charge in [0.05, 0.1) is 12.3 Å². The van der Waals surface area contributed by atoms with Crippen molar-refractivity contribution in [1.82, 2.24) is 24.6 Å². The number of amides is 2. The zero-order chi connectivity index (χ0) is 20.8. The van der Waals surface area contributed by atoms with Gasteiger partial charge in [-0.2, -0.15) is 0 Å². The van der Waals surface area contributed by atoms with Crippen molar-refractivity contribution in [2.24, 2.45) is 7.05 Å². The molecule has 2 amide bonds. The summed E-state index contributed by atoms with van der Waals surface area (Å²) in [7, 11) is 3.37. The zero-order valence-electron chi connectivity index (χ0n) is 15.9. The summed E-state index contributed by atoms with van der Waals surface area (Å²) in [6.07, 6.45) is 3.35. The lowest BCUT2D eigenvalue weighted by atomic mass is 10.2. The van der Waals surface area contributed by atoms with Crippen molar-refractivity contribution in [2.45, 2.75) is 5.16 Å². The Morgan fingerprint density at radius 1 is 1.14 bits per heavy atom. The molecule has 1 aromatic carbocycles. The van der Waals surface area contributed by atoms with Gasteiger partial charge in [-0.05, 0) is 36.4 Å². The Bertz CT molecular complexity index is 994. The SMILES string of the molecule is CN(CC(=O)Nc1ccc(F)cc1)C(=O)CSc1nnc(-c2ccncc2)n1C. The van der Waals surface area contributed by atoms with Gasteiger partial charge in [-0.3, -0.25) is 14.6 Å². The van der Waals surface area contributed by atoms with Crippen molar-refractivity contribution in [2.75, 3.05) is 24.7 Å². The van der Waals surface area contributed by atoms with Crippen molar-refractivity contribution in [1.29, 1.82) is 0 Å². The van der Waals surface area contributed by atoms with E-state index in [2.05, 4.69) is 20.5 Å². The Morgan fingerprint density at radius 3 is 2.52 bits per heavy atom. The number of nitrogens with zero attached hydrogens (tertiary/aromatic N) is 5. The minimum absolute atomic E-state index is 0.113. The van der Waals surface area contributed by atoms with E-state index in [1.54, 1.807) is 24.0 Å². The molecule has 0 saturated carbocycles. The van der Waals surface area contributed by atoms with E-state index in [9.17, 15) is 14.0 Å². The maximum Gasteiger partial charge on any atom is 0.243 e. The van der Waals surface area contributed by atoms with Gasteiger partial charge in [-0.1, -0.05) is 11.8 Å². The lowest BCUT2D eigenvalue weighted by Gasteiger charge is -2.16. The predicted octanol–water partition coefficient (Wildman–Crippen LogP) is 2.21. The highest BCUT2D eigenvalue weighted by molar-refractivity contribution is 7.99. The highest BCUT2D eigenvalue weighted by Gasteiger charge is 2.16. The fraction of sp³-hybridized carbons (Fsp3) is 0.211. The molecule has 150 valence electrons. The van der Waals surface area contributed by atoms with Crippen molar-refractivity contribution in [3.05, 3.63) is 54.6 Å². The molecule has 8 nitrogen and oxygen atoms in total. The molecule has 29 heavy (non-hydrogen) atoms. The molecular weight excluding hydrogens is 395 g/mol. The smallest absolute Gasteiger partial charge is 0.243 e. The first-order chi connectivity index (χ1) is 13.9. The Balaban J connectivity index is 1.52. The molecule has 0 aliphatic carbocycles. The Kier molecular flexibility index (Phi) is 6.55. The number of nitrogens with one attached hydrogen (secondary N) is 1. The van der Waals surface area contributed by atoms with E-state index >= 15 is 0 Å². The van der Waals surface area contributed by atoms with E-state index in [0.717, 1.165) is 5.56 Å². The quantitative estimate of drug-likeness (QED) is 0.596. The lowest BCUT2D eigenvalue weighted by Crippen LogP contribution is -2.36. The molecule has 0 aliphatic rings. The molecule has 0 aliphatic heterocycles. The number of likely N-dealkylation sites (N-methyl/N-ethyl adjacent to an activating group) is 1. The number of rotatable bonds is 7. The first kappa shape index (κ1) is 20.5. The molecule has 0 bridgehead atoms. The number of anilines is 1. The number of pyridine rings is 1. The summed E-state index contributed by atoms with van der Waals surface area (Å²) in [4.78, 5) is 29.7. The van der Waals surface area contributed by atoms with Gasteiger partial charge in [0, 0.05) is 37.7 Å². The van der Waals surface area contributed by atoms with Crippen LogP contribution >= 0.6 is 11.8 Å². The summed E-state index contributed by atoms with van der Waals surface area (Å²) in [6, 6.07) is 9.08. The summed E-state index contributed by atoms with van der Waals surface area (Å²) in [5.74, 6) is -0.186. The van der Waals surface area contributed by atoms with Gasteiger partial charge in [0.25, 0.3) is 0 Å². The van der Waals surface area contributed by atoms with Crippen molar-refractivity contribution >= 4 is 29.3 Å². The minimum atomic E-state index is -0.386. The number of hydrogen-bond acceptors (Lipinski definition) is 6. The van der Waals surface area contributed by atoms with Crippen LogP contribution in [0.3, 0.4) is 0 Å². The molecule has 0 atom stereocenters. The van der Waals surface area contributed by atoms with Gasteiger partial charge in [0.1, 0.15) is 5.82 Å². The topological polar surface area (TPSA) is 93.0 Å². The average Bonchev–Trinajstić information content (AvgIpc) is 3.08. The molecule has 0 radical (unpaired) electrons. The van der Waals surface area contributed by atoms with Gasteiger partial charge in [-0.25, -0.2) is 4.39 Å². The van der Waals surface area contributed by atoms with Gasteiger partial charge in [-0.15, -0.1) is 10.2 Å². The van der Waals surface area contributed by atoms with Crippen LogP contribution in [-0.4, -0.2) is 55.8 Å². The predicted molar refractivity (Wildman–Crippen MR) is 108 cm³/mol. The van der Waals surface area contributed by atoms with E-state index < -0.39 is 0 Å². The first-order valence-corrected chi connectivity index (χ1v) is 9.64. The van der Waals surface area contributed by atoms with Crippen LogP contribution in [0, 0.1) is 5.82 Å². The van der Waals surface area contributed by atoms with Crippen LogP contribution in [-0.2, 0) is 16.6 Å². The fourth-order valence-electron chi connectivity index (χ4n) is 2.47. The van der Waals surface area contributed by atoms with E-state index in [-0.39, 0.29) is 29.9 Å². The second-order valence-corrected chi connectivity index (χ2v) is 7.14. The Hall–Kier alpha value is -3.27. The van der Waals surface area contributed by atoms with E-state index in [1.165, 1.54) is 40.9 Å². The molecular formula is C19H19FN6O2S. The largest absolute Gasteiger partial charge is 0.336 e. The molecule has 0 saturated heterocycles. The molecule has 3 rings (SSSR count). The maximum atomic E-state index is 12.9. The normalized spacial score (nSPS) is 10.6. The van der Waals surface area contributed by atoms with E-state index in [1.807, 2.05) is 19.2 Å². The van der Waals surface area contributed by atoms with Crippen LogP contribution in [0.2, 0.25) is 0 Å². The van der Waals surface area contributed by atoms with Gasteiger partial charge in [0.15, 0.2) is 11.0 Å². The third-order valence-electron chi connectivity index (χ3n) is 4.03. The second-order valence-electron chi connectivity index (χ2n) is 6.19. The van der Waals surface area contributed by atoms with Crippen LogP contribution in [0.4, 0.5) is 10.1 Å². The number of halogens is 1. The van der Waals surface area contributed by atoms with E-state index in [4.69, 9.17) is 0 Å². The number of carbonyl (C=O) groups excluding carboxylic acids is 2. The summed E-state index contributed by atoms with van der Waals surface area (Å²) >= 11 is 1.24. The van der Waals surface area contributed by atoms with Crippen molar-refractivity contribution < 1.29 is 14.0 Å². The molecule has 0 fully saturated rings. The summed E-state index contributed by atoms with van der Waals surface area (Å²) < 4.78 is 14.7. The second kappa shape index (κ2) is 9.28. The lowest BCUT2D eigenvalue weighted by molar-refractivity contribution is -0.131. The third-order valence-corrected chi connectivity index (χ3v) is 5.04. The third kappa shape index (κ3) is 5.38. The van der Waals surface area contributed by atoms with Crippen LogP contribution in [0.25, 0.3) is 11.4 Å². The summed E-state index contributed by atoms with van der Waals surface area (Å²) in [5, 5.41) is 11.5. The summed E-state index contributed by atoms with van der Waals surface area (Å²) in [5.41, 5.74) is 1.34. The van der Waals surface area contributed by atoms with Crippen molar-refractivity contribution in [3.63, 3.8) is 0 Å². The van der Waals surface area contributed by atoms with Crippen LogP contribution in [0.5, 0.6) is 0 Å². The fourth-order valence-corrected chi connectivity index (χ4v) is 3.32. The Morgan fingerprint density at radius 2 is 1.83 bits per heavy atom.